The molecule has 7 heterocycles. The van der Waals surface area contributed by atoms with Gasteiger partial charge in [0, 0.05) is 82.2 Å². The largest absolute Gasteiger partial charge is 0.389 e. The number of aromatic amines is 2. The first kappa shape index (κ1) is 53.4. The summed E-state index contributed by atoms with van der Waals surface area (Å²) in [6, 6.07) is 22.2. The van der Waals surface area contributed by atoms with Crippen molar-refractivity contribution in [2.75, 3.05) is 20.1 Å². The van der Waals surface area contributed by atoms with Gasteiger partial charge in [0.05, 0.1) is 44.8 Å². The van der Waals surface area contributed by atoms with Crippen molar-refractivity contribution in [3.63, 3.8) is 0 Å². The lowest BCUT2D eigenvalue weighted by Gasteiger charge is -2.10. The van der Waals surface area contributed by atoms with E-state index in [1.807, 2.05) is 58.9 Å². The molecule has 0 saturated carbocycles. The zero-order valence-electron chi connectivity index (χ0n) is 42.9. The third-order valence-electron chi connectivity index (χ3n) is 13.5. The molecule has 5 aromatic heterocycles. The Kier molecular flexibility index (Phi) is 15.3. The van der Waals surface area contributed by atoms with Gasteiger partial charge in [-0.3, -0.25) is 9.59 Å². The molecule has 0 saturated heterocycles. The monoisotopic (exact) mass is 1080 g/mol. The van der Waals surface area contributed by atoms with Gasteiger partial charge in [-0.25, -0.2) is 56.2 Å². The number of allylic oxidation sites excluding steroid dienone is 4. The number of anilines is 4. The number of aliphatic hydroxyl groups excluding tert-OH is 2. The second-order valence-corrected chi connectivity index (χ2v) is 22.0. The number of nitrogens with zero attached hydrogens (tertiary/aromatic N) is 6. The number of hydrogen-bond donors (Lipinski definition) is 8. The van der Waals surface area contributed by atoms with Gasteiger partial charge in [0.25, 0.3) is 20.0 Å². The molecule has 2 aliphatic rings. The predicted molar refractivity (Wildman–Crippen MR) is 296 cm³/mol. The van der Waals surface area contributed by atoms with Crippen LogP contribution in [0.15, 0.2) is 120 Å². The molecule has 0 aliphatic carbocycles. The molecule has 20 nitrogen and oxygen atoms in total. The Balaban J connectivity index is 1.06. The number of carbonyl (C=O) groups is 2. The Morgan fingerprint density at radius 1 is 0.558 bits per heavy atom. The van der Waals surface area contributed by atoms with Crippen LogP contribution in [-0.2, 0) is 29.6 Å². The summed E-state index contributed by atoms with van der Waals surface area (Å²) in [4.78, 5) is 60.4. The molecule has 7 aromatic rings. The lowest BCUT2D eigenvalue weighted by atomic mass is 9.97. The van der Waals surface area contributed by atoms with Crippen molar-refractivity contribution in [2.45, 2.75) is 95.6 Å². The van der Waals surface area contributed by atoms with E-state index < -0.39 is 32.3 Å². The lowest BCUT2D eigenvalue weighted by molar-refractivity contribution is -0.116. The van der Waals surface area contributed by atoms with Crippen molar-refractivity contribution in [3.8, 4) is 0 Å². The lowest BCUT2D eigenvalue weighted by Crippen LogP contribution is -2.15. The van der Waals surface area contributed by atoms with Crippen molar-refractivity contribution < 1.29 is 36.6 Å². The second-order valence-electron chi connectivity index (χ2n) is 18.6. The smallest absolute Gasteiger partial charge is 0.264 e. The molecular weight excluding hydrogens is 1020 g/mol. The van der Waals surface area contributed by atoms with Gasteiger partial charge in [-0.2, -0.15) is 0 Å². The molecule has 8 N–H and O–H groups in total. The number of nitrogens with one attached hydrogen (secondary N) is 6. The first-order chi connectivity index (χ1) is 36.8. The van der Waals surface area contributed by atoms with E-state index in [4.69, 9.17) is 9.97 Å². The van der Waals surface area contributed by atoms with Crippen LogP contribution in [0.4, 0.5) is 23.3 Å². The Bertz CT molecular complexity index is 3900. The molecule has 22 heteroatoms. The summed E-state index contributed by atoms with van der Waals surface area (Å²) in [6.07, 6.45) is 4.97. The summed E-state index contributed by atoms with van der Waals surface area (Å²) in [7, 11) is -8.01. The summed E-state index contributed by atoms with van der Waals surface area (Å²) in [6.45, 7) is 11.3. The Hall–Kier alpha value is -8.44. The molecule has 2 atom stereocenters. The molecule has 0 radical (unpaired) electrons. The molecule has 0 fully saturated rings. The van der Waals surface area contributed by atoms with Crippen LogP contribution in [0.5, 0.6) is 0 Å². The van der Waals surface area contributed by atoms with Gasteiger partial charge < -0.3 is 30.8 Å². The van der Waals surface area contributed by atoms with E-state index in [1.54, 1.807) is 19.1 Å². The van der Waals surface area contributed by atoms with E-state index in [9.17, 15) is 36.6 Å². The molecule has 9 rings (SSSR count). The molecule has 396 valence electrons. The summed E-state index contributed by atoms with van der Waals surface area (Å²) in [5.74, 6) is -0.825. The standard InChI is InChI=1S/C55H56N12O8S2/c1-7-49(69)53-33(5)44-28-47-52(34(6)68)32(4)43(64-47)26-41-30(2)39(18-20-50(70)60-35-10-14-37(15-11-35)76(72,73)66-54-56-22-8-23-57-54)45(62-41)29-46-40(31(3)42(63-46)27-48(53)65-44)19-21-51(71)61-36-12-16-38(17-13-36)77(74,75)67-55-58-24-9-25-59-55/h8-17,22-29,34,49,64-65,68-69H,7,18-21H2,1-6H3,(H,60,70)(H,61,71)(H,56,57,66)(H,58,59,67). The normalized spacial score (nSPS) is 13.6. The summed E-state index contributed by atoms with van der Waals surface area (Å²) < 4.78 is 56.7. The maximum absolute atomic E-state index is 13.7. The number of benzene rings is 2. The van der Waals surface area contributed by atoms with E-state index >= 15 is 0 Å². The summed E-state index contributed by atoms with van der Waals surface area (Å²) in [5, 5.41) is 28.4. The van der Waals surface area contributed by atoms with E-state index in [2.05, 4.69) is 50.0 Å². The van der Waals surface area contributed by atoms with Crippen LogP contribution in [0.1, 0.15) is 117 Å². The van der Waals surface area contributed by atoms with Crippen molar-refractivity contribution in [2.24, 2.45) is 0 Å². The molecular formula is C55H56N12O8S2. The van der Waals surface area contributed by atoms with Crippen molar-refractivity contribution in [1.29, 1.82) is 0 Å². The highest BCUT2D eigenvalue weighted by Gasteiger charge is 2.25. The number of fused-ring (bicyclic) bond motifs is 8. The Morgan fingerprint density at radius 2 is 0.961 bits per heavy atom. The minimum atomic E-state index is -4.01. The maximum atomic E-state index is 13.7. The van der Waals surface area contributed by atoms with E-state index in [1.165, 1.54) is 73.3 Å². The Morgan fingerprint density at radius 3 is 1.39 bits per heavy atom. The van der Waals surface area contributed by atoms with Crippen molar-refractivity contribution >= 4 is 99.5 Å². The third kappa shape index (κ3) is 11.7. The molecule has 2 aromatic carbocycles. The number of H-pyrrole nitrogens is 2. The quantitative estimate of drug-likeness (QED) is 0.0422. The Labute approximate surface area is 444 Å². The van der Waals surface area contributed by atoms with Crippen LogP contribution in [0.25, 0.3) is 44.4 Å². The fourth-order valence-electron chi connectivity index (χ4n) is 9.37. The number of rotatable bonds is 17. The highest BCUT2D eigenvalue weighted by Crippen LogP contribution is 2.39. The van der Waals surface area contributed by atoms with Crippen molar-refractivity contribution in [3.05, 3.63) is 155 Å². The van der Waals surface area contributed by atoms with Gasteiger partial charge in [0.2, 0.25) is 23.7 Å². The zero-order valence-corrected chi connectivity index (χ0v) is 44.6. The van der Waals surface area contributed by atoms with Crippen molar-refractivity contribution in [1.82, 2.24) is 39.9 Å². The van der Waals surface area contributed by atoms with Gasteiger partial charge in [-0.05, 0) is 172 Å². The molecule has 8 bridgehead atoms. The van der Waals surface area contributed by atoms with Gasteiger partial charge in [0.15, 0.2) is 0 Å². The number of sulfonamides is 2. The first-order valence-electron chi connectivity index (χ1n) is 24.7. The number of aliphatic hydroxyl groups is 2. The second kappa shape index (κ2) is 22.0. The van der Waals surface area contributed by atoms with Gasteiger partial charge in [-0.15, -0.1) is 0 Å². The summed E-state index contributed by atoms with van der Waals surface area (Å²) >= 11 is 0. The van der Waals surface area contributed by atoms with E-state index in [0.717, 1.165) is 38.9 Å². The van der Waals surface area contributed by atoms with E-state index in [-0.39, 0.29) is 59.2 Å². The van der Waals surface area contributed by atoms with Gasteiger partial charge in [0.1, 0.15) is 0 Å². The molecule has 77 heavy (non-hydrogen) atoms. The average molecular weight is 1080 g/mol. The summed E-state index contributed by atoms with van der Waals surface area (Å²) in [5.41, 5.74) is 11.9. The topological polar surface area (TPSA) is 300 Å². The minimum absolute atomic E-state index is 0.0183. The average Bonchev–Trinajstić information content (AvgIpc) is 4.09. The van der Waals surface area contributed by atoms with Crippen LogP contribution in [0.3, 0.4) is 0 Å². The fraction of sp³-hybridized carbons (Fsp3) is 0.236. The molecule has 2 unspecified atom stereocenters. The predicted octanol–water partition coefficient (Wildman–Crippen LogP) is 9.31. The first-order valence-corrected chi connectivity index (χ1v) is 27.7. The van der Waals surface area contributed by atoms with Crippen LogP contribution in [0.2, 0.25) is 0 Å². The zero-order chi connectivity index (χ0) is 54.8. The maximum Gasteiger partial charge on any atom is 0.264 e. The number of aromatic nitrogens is 8. The molecule has 2 aliphatic heterocycles. The van der Waals surface area contributed by atoms with Crippen LogP contribution >= 0.6 is 0 Å². The minimum Gasteiger partial charge on any atom is -0.389 e. The molecule has 0 spiro atoms. The number of aryl methyl sites for hydroxylation is 2. The van der Waals surface area contributed by atoms with Crippen LogP contribution in [-0.4, -0.2) is 78.7 Å². The van der Waals surface area contributed by atoms with Gasteiger partial charge >= 0.3 is 0 Å². The van der Waals surface area contributed by atoms with Crippen LogP contribution < -0.4 is 20.1 Å². The van der Waals surface area contributed by atoms with E-state index in [0.29, 0.717) is 68.2 Å². The SMILES string of the molecule is CCC(O)c1c(C)c2cc3[nH]c(cc4nc(cc5nc(cc1[nH]2)C(C)=C5CCC(=O)Nc1ccc(S(=O)(=O)Nc2ncccn2)cc1)C(CCC(=O)Nc1ccc(S(=O)(=O)Nc2ncccn2)cc1)=C4C)c(C)c3C(C)O. The highest BCUT2D eigenvalue weighted by atomic mass is 32.2. The molecule has 2 amide bonds. The number of hydrogen-bond acceptors (Lipinski definition) is 14. The fourth-order valence-corrected chi connectivity index (χ4v) is 11.3. The number of carbonyl (C=O) groups excluding carboxylic acids is 2. The third-order valence-corrected chi connectivity index (χ3v) is 16.1. The number of amides is 2. The highest BCUT2D eigenvalue weighted by molar-refractivity contribution is 7.93. The van der Waals surface area contributed by atoms with Gasteiger partial charge in [-0.1, -0.05) is 6.92 Å². The van der Waals surface area contributed by atoms with Crippen LogP contribution in [0, 0.1) is 13.8 Å².